The first-order valence-corrected chi connectivity index (χ1v) is 6.50. The topological polar surface area (TPSA) is 67.8 Å². The highest BCUT2D eigenvalue weighted by atomic mass is 79.9. The van der Waals surface area contributed by atoms with Crippen molar-refractivity contribution in [3.05, 3.63) is 41.0 Å². The molecule has 4 nitrogen and oxygen atoms in total. The summed E-state index contributed by atoms with van der Waals surface area (Å²) in [6.07, 6.45) is 2.50. The Balaban J connectivity index is 2.19. The van der Waals surface area contributed by atoms with E-state index in [1.807, 2.05) is 24.3 Å². The van der Waals surface area contributed by atoms with Gasteiger partial charge in [-0.15, -0.1) is 0 Å². The summed E-state index contributed by atoms with van der Waals surface area (Å²) in [5, 5.41) is 1.06. The number of fused-ring (bicyclic) bond motifs is 1. The van der Waals surface area contributed by atoms with Crippen LogP contribution >= 0.6 is 15.9 Å². The molecular formula is C13H12BrN3O. The van der Waals surface area contributed by atoms with Crippen molar-refractivity contribution in [1.82, 2.24) is 9.97 Å². The van der Waals surface area contributed by atoms with Gasteiger partial charge in [-0.3, -0.25) is 0 Å². The number of imidazole rings is 1. The van der Waals surface area contributed by atoms with Crippen LogP contribution in [0.1, 0.15) is 5.69 Å². The summed E-state index contributed by atoms with van der Waals surface area (Å²) >= 11 is 3.36. The third-order valence-electron chi connectivity index (χ3n) is 2.88. The molecule has 2 heterocycles. The summed E-state index contributed by atoms with van der Waals surface area (Å²) in [4.78, 5) is 7.65. The maximum Gasteiger partial charge on any atom is 0.175 e. The first-order valence-electron chi connectivity index (χ1n) is 5.70. The van der Waals surface area contributed by atoms with Crippen molar-refractivity contribution in [2.24, 2.45) is 5.73 Å². The molecule has 0 spiro atoms. The van der Waals surface area contributed by atoms with Gasteiger partial charge in [-0.2, -0.15) is 0 Å². The quantitative estimate of drug-likeness (QED) is 0.781. The van der Waals surface area contributed by atoms with Crippen LogP contribution in [0.5, 0.6) is 0 Å². The van der Waals surface area contributed by atoms with E-state index in [1.54, 1.807) is 6.26 Å². The second kappa shape index (κ2) is 4.59. The van der Waals surface area contributed by atoms with Crippen molar-refractivity contribution in [2.45, 2.75) is 6.42 Å². The maximum absolute atomic E-state index is 5.62. The van der Waals surface area contributed by atoms with Crippen molar-refractivity contribution in [2.75, 3.05) is 6.54 Å². The molecule has 0 radical (unpaired) electrons. The number of furan rings is 1. The number of benzene rings is 1. The van der Waals surface area contributed by atoms with Gasteiger partial charge in [-0.25, -0.2) is 4.98 Å². The number of aromatic nitrogens is 2. The Labute approximate surface area is 112 Å². The molecule has 0 amide bonds. The third-order valence-corrected chi connectivity index (χ3v) is 3.26. The minimum absolute atomic E-state index is 0.581. The van der Waals surface area contributed by atoms with Crippen LogP contribution in [-0.4, -0.2) is 16.5 Å². The van der Waals surface area contributed by atoms with Gasteiger partial charge >= 0.3 is 0 Å². The monoisotopic (exact) mass is 305 g/mol. The fourth-order valence-electron chi connectivity index (χ4n) is 2.09. The SMILES string of the molecule is NCCc1[nH]c(Br)nc1-c1coc2ccccc12. The largest absolute Gasteiger partial charge is 0.464 e. The summed E-state index contributed by atoms with van der Waals surface area (Å²) in [6.45, 7) is 0.581. The summed E-state index contributed by atoms with van der Waals surface area (Å²) in [7, 11) is 0. The van der Waals surface area contributed by atoms with E-state index in [2.05, 4.69) is 25.9 Å². The highest BCUT2D eigenvalue weighted by molar-refractivity contribution is 9.10. The Bertz CT molecular complexity index is 686. The van der Waals surface area contributed by atoms with Gasteiger partial charge in [0.15, 0.2) is 4.73 Å². The lowest BCUT2D eigenvalue weighted by molar-refractivity contribution is 0.616. The number of nitrogens with zero attached hydrogens (tertiary/aromatic N) is 1. The molecule has 3 aromatic rings. The summed E-state index contributed by atoms with van der Waals surface area (Å²) in [5.74, 6) is 0. The van der Waals surface area contributed by atoms with E-state index in [-0.39, 0.29) is 0 Å². The predicted octanol–water partition coefficient (Wildman–Crippen LogP) is 3.09. The minimum atomic E-state index is 0.581. The van der Waals surface area contributed by atoms with Crippen molar-refractivity contribution >= 4 is 26.9 Å². The zero-order chi connectivity index (χ0) is 12.5. The molecule has 5 heteroatoms. The summed E-state index contributed by atoms with van der Waals surface area (Å²) < 4.78 is 6.26. The Morgan fingerprint density at radius 1 is 1.33 bits per heavy atom. The molecule has 3 rings (SSSR count). The second-order valence-corrected chi connectivity index (χ2v) is 4.79. The van der Waals surface area contributed by atoms with Crippen molar-refractivity contribution in [1.29, 1.82) is 0 Å². The lowest BCUT2D eigenvalue weighted by atomic mass is 10.1. The van der Waals surface area contributed by atoms with Gasteiger partial charge in [0.25, 0.3) is 0 Å². The average molecular weight is 306 g/mol. The van der Waals surface area contributed by atoms with Crippen LogP contribution in [0.2, 0.25) is 0 Å². The van der Waals surface area contributed by atoms with Crippen molar-refractivity contribution in [3.63, 3.8) is 0 Å². The molecule has 0 saturated heterocycles. The smallest absolute Gasteiger partial charge is 0.175 e. The first kappa shape index (κ1) is 11.5. The molecule has 0 aliphatic rings. The van der Waals surface area contributed by atoms with Crippen LogP contribution in [0.4, 0.5) is 0 Å². The Morgan fingerprint density at radius 3 is 3.00 bits per heavy atom. The molecule has 0 unspecified atom stereocenters. The summed E-state index contributed by atoms with van der Waals surface area (Å²) in [6, 6.07) is 7.93. The van der Waals surface area contributed by atoms with E-state index < -0.39 is 0 Å². The highest BCUT2D eigenvalue weighted by Crippen LogP contribution is 2.32. The van der Waals surface area contributed by atoms with E-state index in [0.29, 0.717) is 11.3 Å². The zero-order valence-corrected chi connectivity index (χ0v) is 11.2. The van der Waals surface area contributed by atoms with Crippen LogP contribution in [0.25, 0.3) is 22.2 Å². The molecule has 0 atom stereocenters. The van der Waals surface area contributed by atoms with Gasteiger partial charge in [0.05, 0.1) is 5.69 Å². The number of aromatic amines is 1. The number of hydrogen-bond donors (Lipinski definition) is 2. The number of halogens is 1. The van der Waals surface area contributed by atoms with Gasteiger partial charge in [-0.1, -0.05) is 18.2 Å². The number of hydrogen-bond acceptors (Lipinski definition) is 3. The molecule has 2 aromatic heterocycles. The molecule has 0 saturated carbocycles. The second-order valence-electron chi connectivity index (χ2n) is 4.04. The fraction of sp³-hybridized carbons (Fsp3) is 0.154. The van der Waals surface area contributed by atoms with Gasteiger partial charge in [0, 0.05) is 23.1 Å². The van der Waals surface area contributed by atoms with Gasteiger partial charge < -0.3 is 15.1 Å². The van der Waals surface area contributed by atoms with E-state index in [4.69, 9.17) is 10.2 Å². The van der Waals surface area contributed by atoms with E-state index in [1.165, 1.54) is 0 Å². The molecule has 0 aliphatic heterocycles. The third kappa shape index (κ3) is 1.85. The number of rotatable bonds is 3. The van der Waals surface area contributed by atoms with Crippen LogP contribution < -0.4 is 5.73 Å². The van der Waals surface area contributed by atoms with Crippen LogP contribution in [0.3, 0.4) is 0 Å². The van der Waals surface area contributed by atoms with E-state index in [9.17, 15) is 0 Å². The molecule has 1 aromatic carbocycles. The fourth-order valence-corrected chi connectivity index (χ4v) is 2.50. The Hall–Kier alpha value is -1.59. The predicted molar refractivity (Wildman–Crippen MR) is 74.3 cm³/mol. The number of para-hydroxylation sites is 1. The molecule has 3 N–H and O–H groups in total. The molecule has 0 aliphatic carbocycles. The van der Waals surface area contributed by atoms with Gasteiger partial charge in [0.2, 0.25) is 0 Å². The van der Waals surface area contributed by atoms with Crippen molar-refractivity contribution < 1.29 is 4.42 Å². The van der Waals surface area contributed by atoms with E-state index >= 15 is 0 Å². The lowest BCUT2D eigenvalue weighted by Crippen LogP contribution is -2.03. The van der Waals surface area contributed by atoms with Crippen LogP contribution in [0, 0.1) is 0 Å². The molecule has 0 fully saturated rings. The molecule has 0 bridgehead atoms. The lowest BCUT2D eigenvalue weighted by Gasteiger charge is -1.98. The number of nitrogens with one attached hydrogen (secondary N) is 1. The minimum Gasteiger partial charge on any atom is -0.464 e. The Kier molecular flexibility index (Phi) is 2.93. The van der Waals surface area contributed by atoms with Crippen LogP contribution in [-0.2, 0) is 6.42 Å². The molecule has 92 valence electrons. The first-order chi connectivity index (χ1) is 8.79. The number of H-pyrrole nitrogens is 1. The normalized spacial score (nSPS) is 11.2. The summed E-state index contributed by atoms with van der Waals surface area (Å²) in [5.41, 5.74) is 9.40. The molecular weight excluding hydrogens is 294 g/mol. The Morgan fingerprint density at radius 2 is 2.17 bits per heavy atom. The average Bonchev–Trinajstić information content (AvgIpc) is 2.93. The van der Waals surface area contributed by atoms with Gasteiger partial charge in [0.1, 0.15) is 11.8 Å². The maximum atomic E-state index is 5.62. The van der Waals surface area contributed by atoms with E-state index in [0.717, 1.165) is 34.3 Å². The van der Waals surface area contributed by atoms with Crippen LogP contribution in [0.15, 0.2) is 39.7 Å². The van der Waals surface area contributed by atoms with Gasteiger partial charge in [-0.05, 0) is 28.5 Å². The highest BCUT2D eigenvalue weighted by Gasteiger charge is 2.15. The molecule has 18 heavy (non-hydrogen) atoms. The number of nitrogens with two attached hydrogens (primary N) is 1. The van der Waals surface area contributed by atoms with Crippen molar-refractivity contribution in [3.8, 4) is 11.3 Å². The zero-order valence-electron chi connectivity index (χ0n) is 9.61. The standard InChI is InChI=1S/C13H12BrN3O/c14-13-16-10(5-6-15)12(17-13)9-7-18-11-4-2-1-3-8(9)11/h1-4,7H,5-6,15H2,(H,16,17).